The van der Waals surface area contributed by atoms with E-state index < -0.39 is 0 Å². The highest BCUT2D eigenvalue weighted by atomic mass is 16.5. The summed E-state index contributed by atoms with van der Waals surface area (Å²) in [6.45, 7) is 7.93. The second-order valence-electron chi connectivity index (χ2n) is 4.81. The first-order valence-electron chi connectivity index (χ1n) is 7.33. The number of nitrogens with two attached hydrogens (primary N) is 1. The van der Waals surface area contributed by atoms with Crippen molar-refractivity contribution in [1.29, 1.82) is 0 Å². The first-order chi connectivity index (χ1) is 9.74. The van der Waals surface area contributed by atoms with Crippen LogP contribution in [-0.4, -0.2) is 31.6 Å². The molecule has 0 saturated carbocycles. The molecule has 1 aromatic rings. The largest absolute Gasteiger partial charge is 0.496 e. The summed E-state index contributed by atoms with van der Waals surface area (Å²) >= 11 is 0. The molecule has 20 heavy (non-hydrogen) atoms. The van der Waals surface area contributed by atoms with Gasteiger partial charge < -0.3 is 10.5 Å². The molecule has 0 radical (unpaired) electrons. The number of rotatable bonds is 7. The lowest BCUT2D eigenvalue weighted by atomic mass is 10.1. The molecule has 0 atom stereocenters. The Labute approximate surface area is 123 Å². The summed E-state index contributed by atoms with van der Waals surface area (Å²) < 4.78 is 5.46. The van der Waals surface area contributed by atoms with Gasteiger partial charge in [0.25, 0.3) is 0 Å². The number of methoxy groups -OCH3 is 1. The molecule has 0 spiro atoms. The maximum absolute atomic E-state index is 5.46. The number of hydrogen-bond acceptors (Lipinski definition) is 3. The molecule has 0 aliphatic heterocycles. The SMILES string of the molecule is CCCN(CCC)Cc1cc(C#CCN)ccc1OC. The predicted molar refractivity (Wildman–Crippen MR) is 84.8 cm³/mol. The van der Waals surface area contributed by atoms with Crippen molar-refractivity contribution in [2.24, 2.45) is 5.73 Å². The van der Waals surface area contributed by atoms with Gasteiger partial charge in [0, 0.05) is 17.7 Å². The third-order valence-corrected chi connectivity index (χ3v) is 3.09. The first kappa shape index (κ1) is 16.6. The molecule has 0 heterocycles. The van der Waals surface area contributed by atoms with Crippen molar-refractivity contribution in [2.45, 2.75) is 33.2 Å². The molecule has 1 rings (SSSR count). The number of hydrogen-bond donors (Lipinski definition) is 1. The second kappa shape index (κ2) is 9.41. The van der Waals surface area contributed by atoms with Gasteiger partial charge >= 0.3 is 0 Å². The van der Waals surface area contributed by atoms with Crippen molar-refractivity contribution < 1.29 is 4.74 Å². The van der Waals surface area contributed by atoms with Crippen LogP contribution in [0.2, 0.25) is 0 Å². The fourth-order valence-corrected chi connectivity index (χ4v) is 2.28. The van der Waals surface area contributed by atoms with Crippen LogP contribution in [-0.2, 0) is 6.54 Å². The molecule has 0 fully saturated rings. The molecule has 0 unspecified atom stereocenters. The van der Waals surface area contributed by atoms with Gasteiger partial charge in [-0.15, -0.1) is 0 Å². The maximum atomic E-state index is 5.46. The molecule has 2 N–H and O–H groups in total. The van der Waals surface area contributed by atoms with Crippen LogP contribution >= 0.6 is 0 Å². The van der Waals surface area contributed by atoms with Crippen molar-refractivity contribution in [3.8, 4) is 17.6 Å². The van der Waals surface area contributed by atoms with Crippen molar-refractivity contribution in [3.63, 3.8) is 0 Å². The molecular formula is C17H26N2O. The molecular weight excluding hydrogens is 248 g/mol. The molecule has 3 nitrogen and oxygen atoms in total. The van der Waals surface area contributed by atoms with Gasteiger partial charge in [-0.3, -0.25) is 4.90 Å². The molecule has 1 aromatic carbocycles. The minimum Gasteiger partial charge on any atom is -0.496 e. The van der Waals surface area contributed by atoms with E-state index in [1.54, 1.807) is 7.11 Å². The van der Waals surface area contributed by atoms with E-state index in [1.165, 1.54) is 5.56 Å². The monoisotopic (exact) mass is 274 g/mol. The smallest absolute Gasteiger partial charge is 0.123 e. The molecule has 0 aliphatic rings. The van der Waals surface area contributed by atoms with E-state index in [9.17, 15) is 0 Å². The van der Waals surface area contributed by atoms with Gasteiger partial charge in [0.1, 0.15) is 5.75 Å². The molecule has 0 aliphatic carbocycles. The summed E-state index contributed by atoms with van der Waals surface area (Å²) in [6, 6.07) is 6.08. The van der Waals surface area contributed by atoms with Gasteiger partial charge in [0.2, 0.25) is 0 Å². The van der Waals surface area contributed by atoms with E-state index in [1.807, 2.05) is 12.1 Å². The summed E-state index contributed by atoms with van der Waals surface area (Å²) in [5, 5.41) is 0. The van der Waals surface area contributed by atoms with Crippen LogP contribution in [0.5, 0.6) is 5.75 Å². The lowest BCUT2D eigenvalue weighted by molar-refractivity contribution is 0.262. The predicted octanol–water partition coefficient (Wildman–Crippen LogP) is 2.63. The summed E-state index contributed by atoms with van der Waals surface area (Å²) in [7, 11) is 1.72. The Morgan fingerprint density at radius 1 is 1.20 bits per heavy atom. The van der Waals surface area contributed by atoms with E-state index in [0.29, 0.717) is 6.54 Å². The van der Waals surface area contributed by atoms with Crippen LogP contribution in [0.3, 0.4) is 0 Å². The van der Waals surface area contributed by atoms with E-state index in [4.69, 9.17) is 10.5 Å². The van der Waals surface area contributed by atoms with E-state index in [2.05, 4.69) is 36.7 Å². The summed E-state index contributed by atoms with van der Waals surface area (Å²) in [4.78, 5) is 2.46. The van der Waals surface area contributed by atoms with E-state index >= 15 is 0 Å². The first-order valence-corrected chi connectivity index (χ1v) is 7.33. The zero-order valence-corrected chi connectivity index (χ0v) is 12.9. The third-order valence-electron chi connectivity index (χ3n) is 3.09. The normalized spacial score (nSPS) is 10.2. The highest BCUT2D eigenvalue weighted by Gasteiger charge is 2.09. The van der Waals surface area contributed by atoms with E-state index in [0.717, 1.165) is 43.8 Å². The lowest BCUT2D eigenvalue weighted by Crippen LogP contribution is -2.25. The number of benzene rings is 1. The Hall–Kier alpha value is -1.50. The Balaban J connectivity index is 2.94. The van der Waals surface area contributed by atoms with Crippen LogP contribution in [0.25, 0.3) is 0 Å². The summed E-state index contributed by atoms with van der Waals surface area (Å²) in [5.41, 5.74) is 7.62. The van der Waals surface area contributed by atoms with Crippen LogP contribution in [0, 0.1) is 11.8 Å². The van der Waals surface area contributed by atoms with Crippen molar-refractivity contribution >= 4 is 0 Å². The maximum Gasteiger partial charge on any atom is 0.123 e. The van der Waals surface area contributed by atoms with E-state index in [-0.39, 0.29) is 0 Å². The van der Waals surface area contributed by atoms with Crippen molar-refractivity contribution in [3.05, 3.63) is 29.3 Å². The van der Waals surface area contributed by atoms with Crippen LogP contribution in [0.1, 0.15) is 37.8 Å². The molecule has 0 bridgehead atoms. The molecule has 0 aromatic heterocycles. The topological polar surface area (TPSA) is 38.5 Å². The average Bonchev–Trinajstić information content (AvgIpc) is 2.46. The highest BCUT2D eigenvalue weighted by molar-refractivity contribution is 5.44. The van der Waals surface area contributed by atoms with Gasteiger partial charge in [0.05, 0.1) is 13.7 Å². The van der Waals surface area contributed by atoms with Crippen LogP contribution in [0.4, 0.5) is 0 Å². The average molecular weight is 274 g/mol. The zero-order chi connectivity index (χ0) is 14.8. The zero-order valence-electron chi connectivity index (χ0n) is 12.9. The summed E-state index contributed by atoms with van der Waals surface area (Å²) in [5.74, 6) is 6.91. The fourth-order valence-electron chi connectivity index (χ4n) is 2.28. The Kier molecular flexibility index (Phi) is 7.79. The van der Waals surface area contributed by atoms with Gasteiger partial charge in [-0.2, -0.15) is 0 Å². The fraction of sp³-hybridized carbons (Fsp3) is 0.529. The van der Waals surface area contributed by atoms with Gasteiger partial charge in [-0.1, -0.05) is 25.7 Å². The van der Waals surface area contributed by atoms with Crippen molar-refractivity contribution in [1.82, 2.24) is 4.90 Å². The minimum atomic E-state index is 0.388. The van der Waals surface area contributed by atoms with Gasteiger partial charge in [-0.05, 0) is 44.1 Å². The van der Waals surface area contributed by atoms with Gasteiger partial charge in [0.15, 0.2) is 0 Å². The number of nitrogens with zero attached hydrogens (tertiary/aromatic N) is 1. The lowest BCUT2D eigenvalue weighted by Gasteiger charge is -2.22. The molecule has 0 saturated heterocycles. The minimum absolute atomic E-state index is 0.388. The quantitative estimate of drug-likeness (QED) is 0.777. The Morgan fingerprint density at radius 3 is 2.45 bits per heavy atom. The Morgan fingerprint density at radius 2 is 1.90 bits per heavy atom. The Bertz CT molecular complexity index is 454. The standard InChI is InChI=1S/C17H26N2O/c1-4-11-19(12-5-2)14-16-13-15(7-6-10-18)8-9-17(16)20-3/h8-9,13H,4-5,10-12,14,18H2,1-3H3. The third kappa shape index (κ3) is 5.24. The molecule has 3 heteroatoms. The van der Waals surface area contributed by atoms with Crippen LogP contribution < -0.4 is 10.5 Å². The molecule has 110 valence electrons. The van der Waals surface area contributed by atoms with Crippen LogP contribution in [0.15, 0.2) is 18.2 Å². The van der Waals surface area contributed by atoms with Gasteiger partial charge in [-0.25, -0.2) is 0 Å². The molecule has 0 amide bonds. The summed E-state index contributed by atoms with van der Waals surface area (Å²) in [6.07, 6.45) is 2.32. The van der Waals surface area contributed by atoms with Crippen molar-refractivity contribution in [2.75, 3.05) is 26.7 Å². The number of ether oxygens (including phenoxy) is 1. The highest BCUT2D eigenvalue weighted by Crippen LogP contribution is 2.21. The second-order valence-corrected chi connectivity index (χ2v) is 4.81.